The van der Waals surface area contributed by atoms with Gasteiger partial charge in [0.25, 0.3) is 0 Å². The Balaban J connectivity index is 2.89. The van der Waals surface area contributed by atoms with Crippen LogP contribution < -0.4 is 0 Å². The molecule has 2 rings (SSSR count). The molecule has 2 heteroatoms. The summed E-state index contributed by atoms with van der Waals surface area (Å²) in [7, 11) is 0. The van der Waals surface area contributed by atoms with Crippen LogP contribution in [0.5, 0.6) is 0 Å². The van der Waals surface area contributed by atoms with E-state index in [1.165, 1.54) is 0 Å². The Hall–Kier alpha value is -1.44. The van der Waals surface area contributed by atoms with Crippen LogP contribution in [0.3, 0.4) is 0 Å². The van der Waals surface area contributed by atoms with Crippen LogP contribution in [0.1, 0.15) is 0 Å². The molecule has 0 aliphatic heterocycles. The summed E-state index contributed by atoms with van der Waals surface area (Å²) < 4.78 is 0. The number of hydrogen-bond donors (Lipinski definition) is 0. The highest BCUT2D eigenvalue weighted by molar-refractivity contribution is 5.76. The Kier molecular flexibility index (Phi) is 1.10. The minimum Gasteiger partial charge on any atom is -0.150 e. The zero-order chi connectivity index (χ0) is 6.81. The predicted molar refractivity (Wildman–Crippen MR) is 37.2 cm³/mol. The summed E-state index contributed by atoms with van der Waals surface area (Å²) in [5, 5.41) is 8.51. The van der Waals surface area contributed by atoms with Gasteiger partial charge in [0.2, 0.25) is 0 Å². The van der Waals surface area contributed by atoms with Gasteiger partial charge in [-0.05, 0) is 24.3 Å². The first-order valence-corrected chi connectivity index (χ1v) is 2.96. The SMILES string of the molecule is [c]1ccc2nn[c]cc2c1. The Morgan fingerprint density at radius 1 is 1.30 bits per heavy atom. The Morgan fingerprint density at radius 2 is 2.30 bits per heavy atom. The van der Waals surface area contributed by atoms with E-state index in [0.717, 1.165) is 10.9 Å². The number of hydrogen-bond acceptors (Lipinski definition) is 2. The lowest BCUT2D eigenvalue weighted by Gasteiger charge is -1.89. The van der Waals surface area contributed by atoms with Gasteiger partial charge in [-0.2, -0.15) is 0 Å². The van der Waals surface area contributed by atoms with E-state index in [-0.39, 0.29) is 0 Å². The molecule has 2 aromatic rings. The molecule has 0 saturated carbocycles. The molecule has 46 valence electrons. The summed E-state index contributed by atoms with van der Waals surface area (Å²) in [4.78, 5) is 0. The molecule has 0 aliphatic carbocycles. The topological polar surface area (TPSA) is 25.8 Å². The van der Waals surface area contributed by atoms with Crippen LogP contribution in [0.4, 0.5) is 0 Å². The van der Waals surface area contributed by atoms with E-state index in [9.17, 15) is 0 Å². The molecule has 0 N–H and O–H groups in total. The van der Waals surface area contributed by atoms with Crippen molar-refractivity contribution in [1.29, 1.82) is 0 Å². The number of nitrogens with zero attached hydrogens (tertiary/aromatic N) is 2. The lowest BCUT2D eigenvalue weighted by atomic mass is 10.2. The molecule has 1 heterocycles. The summed E-state index contributed by atoms with van der Waals surface area (Å²) in [5.74, 6) is 0. The van der Waals surface area contributed by atoms with Crippen molar-refractivity contribution < 1.29 is 0 Å². The molecule has 0 atom stereocenters. The van der Waals surface area contributed by atoms with E-state index >= 15 is 0 Å². The Labute approximate surface area is 58.5 Å². The summed E-state index contributed by atoms with van der Waals surface area (Å²) in [6.45, 7) is 0. The smallest absolute Gasteiger partial charge is 0.114 e. The highest BCUT2D eigenvalue weighted by atomic mass is 15.1. The first-order chi connectivity index (χ1) is 4.97. The average molecular weight is 128 g/mol. The maximum atomic E-state index is 3.86. The third-order valence-corrected chi connectivity index (χ3v) is 1.31. The minimum absolute atomic E-state index is 0.887. The highest BCUT2D eigenvalue weighted by Crippen LogP contribution is 2.05. The van der Waals surface area contributed by atoms with Crippen molar-refractivity contribution in [1.82, 2.24) is 10.2 Å². The van der Waals surface area contributed by atoms with Crippen molar-refractivity contribution in [2.75, 3.05) is 0 Å². The second-order valence-electron chi connectivity index (χ2n) is 1.96. The summed E-state index contributed by atoms with van der Waals surface area (Å²) in [6.07, 6.45) is 2.65. The van der Waals surface area contributed by atoms with Crippen LogP contribution in [0.25, 0.3) is 10.9 Å². The lowest BCUT2D eigenvalue weighted by molar-refractivity contribution is 1.07. The molecule has 0 spiro atoms. The Morgan fingerprint density at radius 3 is 3.20 bits per heavy atom. The number of benzene rings is 1. The van der Waals surface area contributed by atoms with Crippen molar-refractivity contribution in [3.63, 3.8) is 0 Å². The molecule has 0 fully saturated rings. The van der Waals surface area contributed by atoms with Crippen LogP contribution in [0, 0.1) is 12.3 Å². The highest BCUT2D eigenvalue weighted by Gasteiger charge is 1.88. The van der Waals surface area contributed by atoms with Crippen LogP contribution in [0.15, 0.2) is 24.3 Å². The lowest BCUT2D eigenvalue weighted by Crippen LogP contribution is -1.80. The first kappa shape index (κ1) is 5.35. The van der Waals surface area contributed by atoms with E-state index in [0.29, 0.717) is 0 Å². The second kappa shape index (κ2) is 2.06. The molecule has 1 aromatic heterocycles. The maximum absolute atomic E-state index is 3.86. The van der Waals surface area contributed by atoms with Crippen LogP contribution in [-0.2, 0) is 0 Å². The molecule has 2 radical (unpaired) electrons. The third kappa shape index (κ3) is 0.739. The van der Waals surface area contributed by atoms with Gasteiger partial charge in [0.05, 0.1) is 5.52 Å². The van der Waals surface area contributed by atoms with Crippen molar-refractivity contribution in [2.45, 2.75) is 0 Å². The predicted octanol–water partition coefficient (Wildman–Crippen LogP) is 1.23. The second-order valence-corrected chi connectivity index (χ2v) is 1.96. The van der Waals surface area contributed by atoms with Crippen molar-refractivity contribution in [3.8, 4) is 0 Å². The van der Waals surface area contributed by atoms with Gasteiger partial charge in [0.1, 0.15) is 6.20 Å². The quantitative estimate of drug-likeness (QED) is 0.533. The summed E-state index contributed by atoms with van der Waals surface area (Å²) >= 11 is 0. The van der Waals surface area contributed by atoms with Crippen LogP contribution in [0.2, 0.25) is 0 Å². The largest absolute Gasteiger partial charge is 0.150 e. The average Bonchev–Trinajstić information content (AvgIpc) is 2.05. The molecular formula is C8H4N2. The van der Waals surface area contributed by atoms with Gasteiger partial charge >= 0.3 is 0 Å². The minimum atomic E-state index is 0.887. The van der Waals surface area contributed by atoms with Crippen molar-refractivity contribution in [2.24, 2.45) is 0 Å². The van der Waals surface area contributed by atoms with Gasteiger partial charge in [-0.15, -0.1) is 10.2 Å². The summed E-state index contributed by atoms with van der Waals surface area (Å²) in [5.41, 5.74) is 0.887. The van der Waals surface area contributed by atoms with Gasteiger partial charge in [-0.25, -0.2) is 0 Å². The molecule has 0 saturated heterocycles. The molecule has 0 unspecified atom stereocenters. The van der Waals surface area contributed by atoms with E-state index in [4.69, 9.17) is 0 Å². The first-order valence-electron chi connectivity index (χ1n) is 2.96. The fourth-order valence-corrected chi connectivity index (χ4v) is 0.823. The van der Waals surface area contributed by atoms with Crippen LogP contribution >= 0.6 is 0 Å². The molecule has 0 aliphatic rings. The number of aromatic nitrogens is 2. The molecular weight excluding hydrogens is 124 g/mol. The standard InChI is InChI=1S/C8H4N2/c1-2-4-8-7(3-1)5-6-9-10-8/h2-5H. The zero-order valence-corrected chi connectivity index (χ0v) is 5.20. The maximum Gasteiger partial charge on any atom is 0.114 e. The normalized spacial score (nSPS) is 10.0. The van der Waals surface area contributed by atoms with E-state index < -0.39 is 0 Å². The molecule has 10 heavy (non-hydrogen) atoms. The zero-order valence-electron chi connectivity index (χ0n) is 5.20. The van der Waals surface area contributed by atoms with Gasteiger partial charge in [-0.1, -0.05) is 6.07 Å². The monoisotopic (exact) mass is 128 g/mol. The fourth-order valence-electron chi connectivity index (χ4n) is 0.823. The molecule has 0 amide bonds. The van der Waals surface area contributed by atoms with Gasteiger partial charge < -0.3 is 0 Å². The summed E-state index contributed by atoms with van der Waals surface area (Å²) in [6, 6.07) is 10.3. The van der Waals surface area contributed by atoms with Crippen molar-refractivity contribution in [3.05, 3.63) is 36.5 Å². The number of rotatable bonds is 0. The van der Waals surface area contributed by atoms with E-state index in [1.807, 2.05) is 18.2 Å². The van der Waals surface area contributed by atoms with Gasteiger partial charge in [0, 0.05) is 5.39 Å². The molecule has 2 nitrogen and oxygen atoms in total. The third-order valence-electron chi connectivity index (χ3n) is 1.31. The van der Waals surface area contributed by atoms with Gasteiger partial charge in [0.15, 0.2) is 0 Å². The number of fused-ring (bicyclic) bond motifs is 1. The van der Waals surface area contributed by atoms with Crippen molar-refractivity contribution >= 4 is 10.9 Å². The molecule has 0 bridgehead atoms. The Bertz CT molecular complexity index is 278. The van der Waals surface area contributed by atoms with Gasteiger partial charge in [-0.3, -0.25) is 0 Å². The van der Waals surface area contributed by atoms with Crippen LogP contribution in [-0.4, -0.2) is 10.2 Å². The van der Waals surface area contributed by atoms with E-state index in [1.54, 1.807) is 6.07 Å². The fraction of sp³-hybridized carbons (Fsp3) is 0. The van der Waals surface area contributed by atoms with E-state index in [2.05, 4.69) is 22.5 Å². The molecule has 1 aromatic carbocycles.